The van der Waals surface area contributed by atoms with E-state index < -0.39 is 0 Å². The summed E-state index contributed by atoms with van der Waals surface area (Å²) in [5.41, 5.74) is 1.15. The molecule has 0 bridgehead atoms. The summed E-state index contributed by atoms with van der Waals surface area (Å²) in [6, 6.07) is 0. The van der Waals surface area contributed by atoms with Crippen LogP contribution in [0.5, 0.6) is 0 Å². The minimum Gasteiger partial charge on any atom is -0.348 e. The van der Waals surface area contributed by atoms with Crippen LogP contribution in [0.3, 0.4) is 0 Å². The van der Waals surface area contributed by atoms with Gasteiger partial charge >= 0.3 is 0 Å². The third kappa shape index (κ3) is 3.50. The SMILES string of the molecule is CC.CC1C=CC2=C(C=C1)SCC(=S)N2. The van der Waals surface area contributed by atoms with Gasteiger partial charge in [-0.25, -0.2) is 0 Å². The molecule has 1 nitrogen and oxygen atoms in total. The Kier molecular flexibility index (Phi) is 5.12. The fourth-order valence-electron chi connectivity index (χ4n) is 1.28. The Morgan fingerprint density at radius 2 is 2.00 bits per heavy atom. The van der Waals surface area contributed by atoms with Gasteiger partial charge in [0.2, 0.25) is 0 Å². The molecule has 0 aromatic heterocycles. The highest BCUT2D eigenvalue weighted by atomic mass is 32.2. The number of allylic oxidation sites excluding steroid dienone is 4. The van der Waals surface area contributed by atoms with Gasteiger partial charge in [-0.2, -0.15) is 0 Å². The van der Waals surface area contributed by atoms with E-state index in [1.165, 1.54) is 4.91 Å². The van der Waals surface area contributed by atoms with E-state index in [-0.39, 0.29) is 0 Å². The lowest BCUT2D eigenvalue weighted by Gasteiger charge is -2.17. The van der Waals surface area contributed by atoms with E-state index in [1.54, 1.807) is 0 Å². The lowest BCUT2D eigenvalue weighted by Crippen LogP contribution is -2.26. The molecular weight excluding hydrogens is 222 g/mol. The molecule has 0 aromatic carbocycles. The monoisotopic (exact) mass is 239 g/mol. The van der Waals surface area contributed by atoms with Crippen LogP contribution in [0.25, 0.3) is 0 Å². The van der Waals surface area contributed by atoms with E-state index in [4.69, 9.17) is 12.2 Å². The average Bonchev–Trinajstić information content (AvgIpc) is 2.44. The smallest absolute Gasteiger partial charge is 0.0901 e. The molecule has 1 aliphatic heterocycles. The maximum absolute atomic E-state index is 5.12. The van der Waals surface area contributed by atoms with E-state index in [0.717, 1.165) is 16.4 Å². The molecule has 2 aliphatic rings. The van der Waals surface area contributed by atoms with Crippen LogP contribution in [0.15, 0.2) is 34.9 Å². The Balaban J connectivity index is 0.000000531. The molecule has 0 saturated carbocycles. The normalized spacial score (nSPS) is 23.7. The number of nitrogens with one attached hydrogen (secondary N) is 1. The van der Waals surface area contributed by atoms with Gasteiger partial charge in [0.25, 0.3) is 0 Å². The first-order valence-corrected chi connectivity index (χ1v) is 6.68. The Hall–Kier alpha value is -0.540. The Bertz CT molecular complexity index is 327. The van der Waals surface area contributed by atoms with Gasteiger partial charge in [0.15, 0.2) is 0 Å². The predicted molar refractivity (Wildman–Crippen MR) is 74.0 cm³/mol. The van der Waals surface area contributed by atoms with Crippen molar-refractivity contribution in [2.75, 3.05) is 5.75 Å². The van der Waals surface area contributed by atoms with E-state index in [2.05, 4.69) is 36.5 Å². The Labute approximate surface area is 102 Å². The second-order valence-corrected chi connectivity index (χ2v) is 4.70. The zero-order valence-electron chi connectivity index (χ0n) is 9.41. The fourth-order valence-corrected chi connectivity index (χ4v) is 2.38. The summed E-state index contributed by atoms with van der Waals surface area (Å²) in [7, 11) is 0. The van der Waals surface area contributed by atoms with E-state index >= 15 is 0 Å². The first-order valence-electron chi connectivity index (χ1n) is 5.29. The highest BCUT2D eigenvalue weighted by molar-refractivity contribution is 8.04. The van der Waals surface area contributed by atoms with Crippen LogP contribution < -0.4 is 5.32 Å². The van der Waals surface area contributed by atoms with Gasteiger partial charge in [0.1, 0.15) is 0 Å². The van der Waals surface area contributed by atoms with Gasteiger partial charge in [-0.05, 0) is 18.1 Å². The Morgan fingerprint density at radius 3 is 2.73 bits per heavy atom. The molecule has 0 radical (unpaired) electrons. The van der Waals surface area contributed by atoms with Gasteiger partial charge < -0.3 is 5.32 Å². The van der Waals surface area contributed by atoms with Crippen molar-refractivity contribution in [3.63, 3.8) is 0 Å². The molecule has 82 valence electrons. The van der Waals surface area contributed by atoms with Gasteiger partial charge in [-0.3, -0.25) is 0 Å². The van der Waals surface area contributed by atoms with Gasteiger partial charge in [-0.1, -0.05) is 45.1 Å². The first kappa shape index (κ1) is 12.5. The van der Waals surface area contributed by atoms with Crippen LogP contribution in [-0.4, -0.2) is 10.7 Å². The summed E-state index contributed by atoms with van der Waals surface area (Å²) in [5.74, 6) is 1.42. The molecule has 3 heteroatoms. The average molecular weight is 239 g/mol. The molecule has 15 heavy (non-hydrogen) atoms. The summed E-state index contributed by atoms with van der Waals surface area (Å²) in [5, 5.41) is 3.23. The topological polar surface area (TPSA) is 12.0 Å². The maximum Gasteiger partial charge on any atom is 0.0901 e. The molecule has 1 unspecified atom stereocenters. The van der Waals surface area contributed by atoms with Crippen molar-refractivity contribution < 1.29 is 0 Å². The molecule has 0 saturated heterocycles. The standard InChI is InChI=1S/C10H11NS2.C2H6/c1-7-2-4-8-9(5-3-7)13-6-10(12)11-8;1-2/h2-5,7H,6H2,1H3,(H,11,12);1-2H3. The lowest BCUT2D eigenvalue weighted by atomic mass is 10.2. The molecule has 2 rings (SSSR count). The zero-order valence-corrected chi connectivity index (χ0v) is 11.0. The highest BCUT2D eigenvalue weighted by Crippen LogP contribution is 2.27. The van der Waals surface area contributed by atoms with Crippen molar-refractivity contribution in [1.82, 2.24) is 5.32 Å². The van der Waals surface area contributed by atoms with E-state index in [9.17, 15) is 0 Å². The van der Waals surface area contributed by atoms with Crippen LogP contribution in [0, 0.1) is 5.92 Å². The zero-order chi connectivity index (χ0) is 11.3. The van der Waals surface area contributed by atoms with Gasteiger partial charge in [0, 0.05) is 10.7 Å². The summed E-state index contributed by atoms with van der Waals surface area (Å²) in [4.78, 5) is 2.23. The molecule has 0 spiro atoms. The van der Waals surface area contributed by atoms with Crippen molar-refractivity contribution >= 4 is 29.0 Å². The summed E-state index contributed by atoms with van der Waals surface area (Å²) >= 11 is 6.93. The molecule has 0 aromatic rings. The first-order chi connectivity index (χ1) is 7.25. The molecule has 1 N–H and O–H groups in total. The van der Waals surface area contributed by atoms with Crippen LogP contribution in [0.4, 0.5) is 0 Å². The molecular formula is C12H17NS2. The molecule has 1 aliphatic carbocycles. The van der Waals surface area contributed by atoms with Crippen molar-refractivity contribution in [3.05, 3.63) is 34.9 Å². The Morgan fingerprint density at radius 1 is 1.33 bits per heavy atom. The second kappa shape index (κ2) is 6.13. The maximum atomic E-state index is 5.12. The largest absolute Gasteiger partial charge is 0.348 e. The van der Waals surface area contributed by atoms with Crippen LogP contribution >= 0.6 is 24.0 Å². The summed E-state index contributed by atoms with van der Waals surface area (Å²) < 4.78 is 0. The predicted octanol–water partition coefficient (Wildman–Crippen LogP) is 3.65. The summed E-state index contributed by atoms with van der Waals surface area (Å²) in [6.45, 7) is 6.18. The van der Waals surface area contributed by atoms with Gasteiger partial charge in [0.05, 0.1) is 10.7 Å². The third-order valence-electron chi connectivity index (χ3n) is 2.02. The fraction of sp³-hybridized carbons (Fsp3) is 0.417. The van der Waals surface area contributed by atoms with Crippen LogP contribution in [0.2, 0.25) is 0 Å². The number of thiocarbonyl (C=S) groups is 1. The highest BCUT2D eigenvalue weighted by Gasteiger charge is 2.13. The molecule has 1 atom stereocenters. The van der Waals surface area contributed by atoms with Crippen molar-refractivity contribution in [1.29, 1.82) is 0 Å². The van der Waals surface area contributed by atoms with Gasteiger partial charge in [-0.15, -0.1) is 11.8 Å². The number of hydrogen-bond donors (Lipinski definition) is 1. The van der Waals surface area contributed by atoms with Crippen LogP contribution in [-0.2, 0) is 0 Å². The summed E-state index contributed by atoms with van der Waals surface area (Å²) in [6.07, 6.45) is 8.69. The minimum atomic E-state index is 0.515. The minimum absolute atomic E-state index is 0.515. The number of thioether (sulfide) groups is 1. The number of rotatable bonds is 0. The van der Waals surface area contributed by atoms with Crippen molar-refractivity contribution in [3.8, 4) is 0 Å². The number of hydrogen-bond acceptors (Lipinski definition) is 2. The second-order valence-electron chi connectivity index (χ2n) is 3.19. The lowest BCUT2D eigenvalue weighted by molar-refractivity contribution is 0.940. The van der Waals surface area contributed by atoms with E-state index in [1.807, 2.05) is 25.6 Å². The van der Waals surface area contributed by atoms with Crippen molar-refractivity contribution in [2.45, 2.75) is 20.8 Å². The third-order valence-corrected chi connectivity index (χ3v) is 3.55. The molecule has 0 fully saturated rings. The molecule has 1 heterocycles. The molecule has 0 amide bonds. The van der Waals surface area contributed by atoms with Crippen LogP contribution in [0.1, 0.15) is 20.8 Å². The van der Waals surface area contributed by atoms with E-state index in [0.29, 0.717) is 5.92 Å². The quantitative estimate of drug-likeness (QED) is 0.648. The van der Waals surface area contributed by atoms with Crippen molar-refractivity contribution in [2.24, 2.45) is 5.92 Å².